The second kappa shape index (κ2) is 5.50. The maximum absolute atomic E-state index is 10.8. The number of non-ortho nitro benzene ring substituents is 1. The van der Waals surface area contributed by atoms with Gasteiger partial charge in [0.1, 0.15) is 0 Å². The zero-order valence-electron chi connectivity index (χ0n) is 11.8. The van der Waals surface area contributed by atoms with E-state index in [9.17, 15) is 10.1 Å². The Balaban J connectivity index is 1.59. The van der Waals surface area contributed by atoms with E-state index in [-0.39, 0.29) is 16.7 Å². The van der Waals surface area contributed by atoms with Crippen LogP contribution < -0.4 is 5.32 Å². The fourth-order valence-electron chi connectivity index (χ4n) is 3.05. The number of nitrogens with one attached hydrogen (secondary N) is 1. The summed E-state index contributed by atoms with van der Waals surface area (Å²) in [5.74, 6) is 0. The molecule has 5 nitrogen and oxygen atoms in total. The molecule has 0 spiro atoms. The van der Waals surface area contributed by atoms with Gasteiger partial charge in [0.2, 0.25) is 0 Å². The number of rotatable bonds is 5. The molecule has 2 fully saturated rings. The van der Waals surface area contributed by atoms with Crippen molar-refractivity contribution >= 4 is 5.69 Å². The molecule has 2 aliphatic rings. The SMILES string of the molecule is CC(NC1CCN(C2CC2)C1)c1cccc([N+](=O)[O-])c1. The van der Waals surface area contributed by atoms with Gasteiger partial charge in [0.05, 0.1) is 4.92 Å². The Morgan fingerprint density at radius 2 is 2.20 bits per heavy atom. The van der Waals surface area contributed by atoms with Crippen LogP contribution in [-0.2, 0) is 0 Å². The predicted octanol–water partition coefficient (Wildman–Crippen LogP) is 2.48. The van der Waals surface area contributed by atoms with E-state index < -0.39 is 0 Å². The Morgan fingerprint density at radius 3 is 2.90 bits per heavy atom. The molecule has 0 aromatic heterocycles. The van der Waals surface area contributed by atoms with Gasteiger partial charge in [-0.1, -0.05) is 12.1 Å². The third-order valence-electron chi connectivity index (χ3n) is 4.35. The summed E-state index contributed by atoms with van der Waals surface area (Å²) in [4.78, 5) is 13.1. The largest absolute Gasteiger partial charge is 0.306 e. The molecule has 1 aromatic carbocycles. The van der Waals surface area contributed by atoms with Gasteiger partial charge in [0, 0.05) is 43.3 Å². The van der Waals surface area contributed by atoms with Gasteiger partial charge in [0.15, 0.2) is 0 Å². The molecule has 2 unspecified atom stereocenters. The summed E-state index contributed by atoms with van der Waals surface area (Å²) in [7, 11) is 0. The van der Waals surface area contributed by atoms with Crippen molar-refractivity contribution in [3.8, 4) is 0 Å². The van der Waals surface area contributed by atoms with Crippen molar-refractivity contribution in [2.75, 3.05) is 13.1 Å². The van der Waals surface area contributed by atoms with Crippen LogP contribution in [-0.4, -0.2) is 35.0 Å². The molecule has 0 amide bonds. The smallest absolute Gasteiger partial charge is 0.269 e. The quantitative estimate of drug-likeness (QED) is 0.662. The lowest BCUT2D eigenvalue weighted by Crippen LogP contribution is -2.34. The molecule has 1 saturated heterocycles. The fourth-order valence-corrected chi connectivity index (χ4v) is 3.05. The Morgan fingerprint density at radius 1 is 1.40 bits per heavy atom. The third kappa shape index (κ3) is 2.99. The topological polar surface area (TPSA) is 58.4 Å². The van der Waals surface area contributed by atoms with E-state index in [4.69, 9.17) is 0 Å². The molecule has 1 aliphatic heterocycles. The van der Waals surface area contributed by atoms with Gasteiger partial charge in [-0.05, 0) is 31.7 Å². The van der Waals surface area contributed by atoms with Gasteiger partial charge in [0.25, 0.3) is 5.69 Å². The Labute approximate surface area is 119 Å². The van der Waals surface area contributed by atoms with Crippen molar-refractivity contribution in [1.29, 1.82) is 0 Å². The molecule has 2 atom stereocenters. The van der Waals surface area contributed by atoms with Gasteiger partial charge in [-0.3, -0.25) is 15.0 Å². The maximum Gasteiger partial charge on any atom is 0.269 e. The highest BCUT2D eigenvalue weighted by atomic mass is 16.6. The average Bonchev–Trinajstić information content (AvgIpc) is 3.20. The number of likely N-dealkylation sites (tertiary alicyclic amines) is 1. The van der Waals surface area contributed by atoms with Crippen LogP contribution in [0.4, 0.5) is 5.69 Å². The molecule has 20 heavy (non-hydrogen) atoms. The number of nitrogens with zero attached hydrogens (tertiary/aromatic N) is 2. The number of hydrogen-bond donors (Lipinski definition) is 1. The first-order chi connectivity index (χ1) is 9.63. The van der Waals surface area contributed by atoms with Crippen LogP contribution in [0.3, 0.4) is 0 Å². The molecule has 1 N–H and O–H groups in total. The standard InChI is InChI=1S/C15H21N3O2/c1-11(12-3-2-4-15(9-12)18(19)20)16-13-7-8-17(10-13)14-5-6-14/h2-4,9,11,13-14,16H,5-8,10H2,1H3. The second-order valence-corrected chi connectivity index (χ2v) is 5.95. The van der Waals surface area contributed by atoms with E-state index in [0.717, 1.165) is 18.2 Å². The Kier molecular flexibility index (Phi) is 3.72. The summed E-state index contributed by atoms with van der Waals surface area (Å²) in [6.07, 6.45) is 3.88. The summed E-state index contributed by atoms with van der Waals surface area (Å²) in [6.45, 7) is 4.38. The van der Waals surface area contributed by atoms with Crippen LogP contribution in [0.2, 0.25) is 0 Å². The highest BCUT2D eigenvalue weighted by molar-refractivity contribution is 5.35. The first kappa shape index (κ1) is 13.5. The molecular weight excluding hydrogens is 254 g/mol. The number of benzene rings is 1. The van der Waals surface area contributed by atoms with Gasteiger partial charge in [-0.15, -0.1) is 0 Å². The van der Waals surface area contributed by atoms with Crippen LogP contribution in [0, 0.1) is 10.1 Å². The maximum atomic E-state index is 10.8. The Hall–Kier alpha value is -1.46. The van der Waals surface area contributed by atoms with Gasteiger partial charge in [-0.2, -0.15) is 0 Å². The van der Waals surface area contributed by atoms with Crippen molar-refractivity contribution in [1.82, 2.24) is 10.2 Å². The lowest BCUT2D eigenvalue weighted by atomic mass is 10.1. The lowest BCUT2D eigenvalue weighted by molar-refractivity contribution is -0.384. The molecule has 0 bridgehead atoms. The lowest BCUT2D eigenvalue weighted by Gasteiger charge is -2.20. The monoisotopic (exact) mass is 275 g/mol. The van der Waals surface area contributed by atoms with Gasteiger partial charge >= 0.3 is 0 Å². The van der Waals surface area contributed by atoms with Crippen LogP contribution in [0.1, 0.15) is 37.8 Å². The summed E-state index contributed by atoms with van der Waals surface area (Å²) < 4.78 is 0. The molecule has 5 heteroatoms. The van der Waals surface area contributed by atoms with Crippen molar-refractivity contribution in [2.24, 2.45) is 0 Å². The second-order valence-electron chi connectivity index (χ2n) is 5.95. The van der Waals surface area contributed by atoms with E-state index in [1.807, 2.05) is 6.07 Å². The number of nitro benzene ring substituents is 1. The summed E-state index contributed by atoms with van der Waals surface area (Å²) >= 11 is 0. The average molecular weight is 275 g/mol. The minimum Gasteiger partial charge on any atom is -0.306 e. The van der Waals surface area contributed by atoms with Crippen LogP contribution >= 0.6 is 0 Å². The number of hydrogen-bond acceptors (Lipinski definition) is 4. The normalized spacial score (nSPS) is 24.8. The minimum atomic E-state index is -0.333. The van der Waals surface area contributed by atoms with Gasteiger partial charge < -0.3 is 5.32 Å². The highest BCUT2D eigenvalue weighted by Gasteiger charge is 2.34. The van der Waals surface area contributed by atoms with E-state index in [2.05, 4.69) is 17.1 Å². The summed E-state index contributed by atoms with van der Waals surface area (Å²) in [5.41, 5.74) is 1.16. The first-order valence-electron chi connectivity index (χ1n) is 7.38. The van der Waals surface area contributed by atoms with Crippen LogP contribution in [0.5, 0.6) is 0 Å². The molecular formula is C15H21N3O2. The third-order valence-corrected chi connectivity index (χ3v) is 4.35. The zero-order chi connectivity index (χ0) is 14.1. The molecule has 1 aliphatic carbocycles. The molecule has 0 radical (unpaired) electrons. The molecule has 1 aromatic rings. The van der Waals surface area contributed by atoms with Crippen molar-refractivity contribution in [3.05, 3.63) is 39.9 Å². The van der Waals surface area contributed by atoms with Crippen molar-refractivity contribution in [3.63, 3.8) is 0 Å². The summed E-state index contributed by atoms with van der Waals surface area (Å²) in [5, 5.41) is 14.4. The van der Waals surface area contributed by atoms with Crippen LogP contribution in [0.15, 0.2) is 24.3 Å². The van der Waals surface area contributed by atoms with E-state index in [1.54, 1.807) is 18.2 Å². The number of nitro groups is 1. The minimum absolute atomic E-state index is 0.152. The highest BCUT2D eigenvalue weighted by Crippen LogP contribution is 2.30. The molecule has 3 rings (SSSR count). The predicted molar refractivity (Wildman–Crippen MR) is 77.6 cm³/mol. The van der Waals surface area contributed by atoms with Gasteiger partial charge in [-0.25, -0.2) is 0 Å². The fraction of sp³-hybridized carbons (Fsp3) is 0.600. The molecule has 1 heterocycles. The summed E-state index contributed by atoms with van der Waals surface area (Å²) in [6, 6.07) is 8.42. The Bertz CT molecular complexity index is 502. The first-order valence-corrected chi connectivity index (χ1v) is 7.38. The van der Waals surface area contributed by atoms with Crippen molar-refractivity contribution < 1.29 is 4.92 Å². The van der Waals surface area contributed by atoms with E-state index >= 15 is 0 Å². The van der Waals surface area contributed by atoms with Crippen LogP contribution in [0.25, 0.3) is 0 Å². The zero-order valence-corrected chi connectivity index (χ0v) is 11.8. The van der Waals surface area contributed by atoms with Crippen molar-refractivity contribution in [2.45, 2.75) is 44.3 Å². The molecule has 1 saturated carbocycles. The molecule has 108 valence electrons. The van der Waals surface area contributed by atoms with E-state index in [0.29, 0.717) is 6.04 Å². The van der Waals surface area contributed by atoms with E-state index in [1.165, 1.54) is 25.8 Å².